The molecule has 0 saturated carbocycles. The summed E-state index contributed by atoms with van der Waals surface area (Å²) in [5.41, 5.74) is 0.971. The van der Waals surface area contributed by atoms with Gasteiger partial charge in [-0.25, -0.2) is 0 Å². The summed E-state index contributed by atoms with van der Waals surface area (Å²) in [6.45, 7) is 9.50. The minimum atomic E-state index is -0.225. The zero-order valence-corrected chi connectivity index (χ0v) is 16.3. The van der Waals surface area contributed by atoms with E-state index >= 15 is 0 Å². The molecule has 0 radical (unpaired) electrons. The fourth-order valence-corrected chi connectivity index (χ4v) is 3.21. The third-order valence-corrected chi connectivity index (χ3v) is 4.80. The van der Waals surface area contributed by atoms with Crippen molar-refractivity contribution in [2.45, 2.75) is 44.6 Å². The van der Waals surface area contributed by atoms with Crippen molar-refractivity contribution in [3.8, 4) is 17.1 Å². The van der Waals surface area contributed by atoms with Gasteiger partial charge in [-0.2, -0.15) is 0 Å². The van der Waals surface area contributed by atoms with Gasteiger partial charge < -0.3 is 14.6 Å². The molecule has 0 aliphatic rings. The number of thioether (sulfide) groups is 1. The van der Waals surface area contributed by atoms with E-state index in [9.17, 15) is 4.79 Å². The summed E-state index contributed by atoms with van der Waals surface area (Å²) in [4.78, 5) is 12.2. The molecule has 6 nitrogen and oxygen atoms in total. The monoisotopic (exact) mass is 362 g/mol. The molecule has 1 N–H and O–H groups in total. The lowest BCUT2D eigenvalue weighted by Crippen LogP contribution is -2.33. The zero-order valence-electron chi connectivity index (χ0n) is 15.4. The van der Waals surface area contributed by atoms with E-state index in [-0.39, 0.29) is 11.2 Å². The predicted octanol–water partition coefficient (Wildman–Crippen LogP) is 3.23. The predicted molar refractivity (Wildman–Crippen MR) is 101 cm³/mol. The Morgan fingerprint density at radius 3 is 2.48 bits per heavy atom. The Bertz CT molecular complexity index is 698. The number of benzene rings is 1. The van der Waals surface area contributed by atoms with E-state index in [1.54, 1.807) is 7.11 Å². The van der Waals surface area contributed by atoms with Gasteiger partial charge in [0, 0.05) is 18.7 Å². The van der Waals surface area contributed by atoms with Gasteiger partial charge in [-0.15, -0.1) is 10.2 Å². The number of carbonyl (C=O) groups is 1. The summed E-state index contributed by atoms with van der Waals surface area (Å²) in [6.07, 6.45) is 0. The first-order valence-corrected chi connectivity index (χ1v) is 9.36. The van der Waals surface area contributed by atoms with Crippen LogP contribution in [0.25, 0.3) is 11.4 Å². The zero-order chi connectivity index (χ0) is 18.4. The number of nitrogens with one attached hydrogen (secondary N) is 1. The normalized spacial score (nSPS) is 12.2. The number of hydrogen-bond acceptors (Lipinski definition) is 5. The second-order valence-electron chi connectivity index (χ2n) is 6.18. The number of methoxy groups -OCH3 is 1. The lowest BCUT2D eigenvalue weighted by Gasteiger charge is -2.13. The van der Waals surface area contributed by atoms with Gasteiger partial charge in [0.1, 0.15) is 5.75 Å². The number of carbonyl (C=O) groups excluding carboxylic acids is 1. The van der Waals surface area contributed by atoms with E-state index in [1.807, 2.05) is 42.7 Å². The SMILES string of the molecule is CCn1c(S[C@H](C)C(=O)NCC(C)C)nnc1-c1ccc(OC)cc1. The van der Waals surface area contributed by atoms with Gasteiger partial charge in [0.2, 0.25) is 5.91 Å². The first-order valence-electron chi connectivity index (χ1n) is 8.48. The average Bonchev–Trinajstić information content (AvgIpc) is 3.02. The largest absolute Gasteiger partial charge is 0.497 e. The van der Waals surface area contributed by atoms with E-state index in [0.717, 1.165) is 28.8 Å². The molecule has 25 heavy (non-hydrogen) atoms. The number of aromatic nitrogens is 3. The lowest BCUT2D eigenvalue weighted by molar-refractivity contribution is -0.120. The first kappa shape index (κ1) is 19.3. The molecular weight excluding hydrogens is 336 g/mol. The van der Waals surface area contributed by atoms with Crippen LogP contribution in [0, 0.1) is 5.92 Å². The quantitative estimate of drug-likeness (QED) is 0.730. The van der Waals surface area contributed by atoms with E-state index in [2.05, 4.69) is 29.4 Å². The number of amides is 1. The van der Waals surface area contributed by atoms with Gasteiger partial charge in [0.05, 0.1) is 12.4 Å². The van der Waals surface area contributed by atoms with Crippen molar-refractivity contribution in [1.82, 2.24) is 20.1 Å². The standard InChI is InChI=1S/C18H26N4O2S/c1-6-22-16(14-7-9-15(24-5)10-8-14)20-21-18(22)25-13(4)17(23)19-11-12(2)3/h7-10,12-13H,6,11H2,1-5H3,(H,19,23)/t13-/m1/s1. The molecular formula is C18H26N4O2S. The third-order valence-electron chi connectivity index (χ3n) is 3.72. The van der Waals surface area contributed by atoms with Gasteiger partial charge in [-0.3, -0.25) is 4.79 Å². The Hall–Kier alpha value is -2.02. The van der Waals surface area contributed by atoms with Crippen LogP contribution in [0.4, 0.5) is 0 Å². The van der Waals surface area contributed by atoms with Crippen LogP contribution >= 0.6 is 11.8 Å². The Labute approximate surface area is 153 Å². The number of hydrogen-bond donors (Lipinski definition) is 1. The van der Waals surface area contributed by atoms with Crippen LogP contribution in [0.5, 0.6) is 5.75 Å². The highest BCUT2D eigenvalue weighted by molar-refractivity contribution is 8.00. The van der Waals surface area contributed by atoms with Gasteiger partial charge in [-0.05, 0) is 44.0 Å². The lowest BCUT2D eigenvalue weighted by atomic mass is 10.2. The van der Waals surface area contributed by atoms with Crippen molar-refractivity contribution < 1.29 is 9.53 Å². The van der Waals surface area contributed by atoms with Crippen molar-refractivity contribution >= 4 is 17.7 Å². The number of ether oxygens (including phenoxy) is 1. The van der Waals surface area contributed by atoms with E-state index < -0.39 is 0 Å². The van der Waals surface area contributed by atoms with Crippen LogP contribution in [0.15, 0.2) is 29.4 Å². The van der Waals surface area contributed by atoms with Crippen molar-refractivity contribution in [2.24, 2.45) is 5.92 Å². The maximum absolute atomic E-state index is 12.2. The molecule has 1 aromatic heterocycles. The van der Waals surface area contributed by atoms with E-state index in [1.165, 1.54) is 11.8 Å². The van der Waals surface area contributed by atoms with Crippen LogP contribution < -0.4 is 10.1 Å². The minimum absolute atomic E-state index is 0.0235. The Balaban J connectivity index is 2.14. The molecule has 0 saturated heterocycles. The Morgan fingerprint density at radius 2 is 1.92 bits per heavy atom. The summed E-state index contributed by atoms with van der Waals surface area (Å²) >= 11 is 1.43. The van der Waals surface area contributed by atoms with Crippen molar-refractivity contribution in [3.63, 3.8) is 0 Å². The van der Waals surface area contributed by atoms with Crippen LogP contribution in [0.2, 0.25) is 0 Å². The van der Waals surface area contributed by atoms with Gasteiger partial charge in [-0.1, -0.05) is 25.6 Å². The third kappa shape index (κ3) is 4.98. The number of rotatable bonds is 8. The van der Waals surface area contributed by atoms with Crippen LogP contribution in [0.1, 0.15) is 27.7 Å². The molecule has 1 atom stereocenters. The van der Waals surface area contributed by atoms with Crippen molar-refractivity contribution in [1.29, 1.82) is 0 Å². The second-order valence-corrected chi connectivity index (χ2v) is 7.49. The molecule has 0 aliphatic heterocycles. The fourth-order valence-electron chi connectivity index (χ4n) is 2.27. The number of nitrogens with zero attached hydrogens (tertiary/aromatic N) is 3. The minimum Gasteiger partial charge on any atom is -0.497 e. The van der Waals surface area contributed by atoms with E-state index in [0.29, 0.717) is 12.5 Å². The summed E-state index contributed by atoms with van der Waals surface area (Å²) in [5.74, 6) is 2.05. The maximum Gasteiger partial charge on any atom is 0.233 e. The summed E-state index contributed by atoms with van der Waals surface area (Å²) < 4.78 is 7.22. The second kappa shape index (κ2) is 8.89. The van der Waals surface area contributed by atoms with Crippen LogP contribution in [-0.4, -0.2) is 39.6 Å². The summed E-state index contributed by atoms with van der Waals surface area (Å²) in [5, 5.41) is 12.1. The summed E-state index contributed by atoms with van der Waals surface area (Å²) in [7, 11) is 1.64. The first-order chi connectivity index (χ1) is 12.0. The van der Waals surface area contributed by atoms with Gasteiger partial charge in [0.15, 0.2) is 11.0 Å². The molecule has 1 heterocycles. The highest BCUT2D eigenvalue weighted by Crippen LogP contribution is 2.27. The van der Waals surface area contributed by atoms with Crippen molar-refractivity contribution in [2.75, 3.05) is 13.7 Å². The summed E-state index contributed by atoms with van der Waals surface area (Å²) in [6, 6.07) is 7.72. The molecule has 0 unspecified atom stereocenters. The van der Waals surface area contributed by atoms with Crippen LogP contribution in [0.3, 0.4) is 0 Å². The molecule has 0 fully saturated rings. The Kier molecular flexibility index (Phi) is 6.87. The molecule has 0 aliphatic carbocycles. The Morgan fingerprint density at radius 1 is 1.24 bits per heavy atom. The van der Waals surface area contributed by atoms with Crippen molar-refractivity contribution in [3.05, 3.63) is 24.3 Å². The molecule has 1 amide bonds. The van der Waals surface area contributed by atoms with Gasteiger partial charge >= 0.3 is 0 Å². The molecule has 1 aromatic carbocycles. The maximum atomic E-state index is 12.2. The molecule has 2 rings (SSSR count). The molecule has 2 aromatic rings. The molecule has 0 bridgehead atoms. The fraction of sp³-hybridized carbons (Fsp3) is 0.500. The molecule has 136 valence electrons. The highest BCUT2D eigenvalue weighted by atomic mass is 32.2. The topological polar surface area (TPSA) is 69.0 Å². The smallest absolute Gasteiger partial charge is 0.233 e. The average molecular weight is 362 g/mol. The van der Waals surface area contributed by atoms with Crippen LogP contribution in [-0.2, 0) is 11.3 Å². The highest BCUT2D eigenvalue weighted by Gasteiger charge is 2.20. The van der Waals surface area contributed by atoms with Gasteiger partial charge in [0.25, 0.3) is 0 Å². The van der Waals surface area contributed by atoms with E-state index in [4.69, 9.17) is 4.74 Å². The molecule has 0 spiro atoms. The molecule has 7 heteroatoms.